The highest BCUT2D eigenvalue weighted by molar-refractivity contribution is 5.62. The molecule has 3 N–H and O–H groups in total. The van der Waals surface area contributed by atoms with Gasteiger partial charge in [-0.1, -0.05) is 0 Å². The van der Waals surface area contributed by atoms with Crippen molar-refractivity contribution in [3.63, 3.8) is 0 Å². The molecule has 0 amide bonds. The molecule has 0 aliphatic rings. The van der Waals surface area contributed by atoms with Crippen molar-refractivity contribution in [2.45, 2.75) is 32.7 Å². The Labute approximate surface area is 100 Å². The highest BCUT2D eigenvalue weighted by atomic mass is 15.3. The van der Waals surface area contributed by atoms with Gasteiger partial charge in [0.05, 0.1) is 0 Å². The summed E-state index contributed by atoms with van der Waals surface area (Å²) < 4.78 is 1.91. The Morgan fingerprint density at radius 1 is 1.41 bits per heavy atom. The van der Waals surface area contributed by atoms with E-state index in [1.807, 2.05) is 17.5 Å². The molecular formula is C11H18N6. The van der Waals surface area contributed by atoms with Crippen molar-refractivity contribution in [2.24, 2.45) is 5.73 Å². The van der Waals surface area contributed by atoms with Crippen LogP contribution in [0.15, 0.2) is 12.4 Å². The smallest absolute Gasteiger partial charge is 0.203 e. The standard InChI is InChI=1S/C11H18N6/c1-8-15-16-10-9(13-6-7-17(8)10)14-11(2,3)4-5-12/h6-7H,4-5,12H2,1-3H3,(H,13,14). The Balaban J connectivity index is 2.36. The summed E-state index contributed by atoms with van der Waals surface area (Å²) in [7, 11) is 0. The minimum atomic E-state index is -0.108. The van der Waals surface area contributed by atoms with Crippen LogP contribution in [0.2, 0.25) is 0 Å². The Morgan fingerprint density at radius 2 is 2.18 bits per heavy atom. The fraction of sp³-hybridized carbons (Fsp3) is 0.545. The normalized spacial score (nSPS) is 12.0. The maximum atomic E-state index is 5.59. The molecule has 0 saturated heterocycles. The zero-order chi connectivity index (χ0) is 12.5. The number of nitrogens with zero attached hydrogens (tertiary/aromatic N) is 4. The Kier molecular flexibility index (Phi) is 2.97. The van der Waals surface area contributed by atoms with Crippen molar-refractivity contribution in [3.05, 3.63) is 18.2 Å². The lowest BCUT2D eigenvalue weighted by Crippen LogP contribution is -2.34. The van der Waals surface area contributed by atoms with Crippen LogP contribution in [0, 0.1) is 6.92 Å². The van der Waals surface area contributed by atoms with Crippen LogP contribution in [0.3, 0.4) is 0 Å². The molecule has 2 aromatic heterocycles. The Bertz CT molecular complexity index is 516. The van der Waals surface area contributed by atoms with E-state index in [9.17, 15) is 0 Å². The monoisotopic (exact) mass is 234 g/mol. The van der Waals surface area contributed by atoms with Crippen LogP contribution >= 0.6 is 0 Å². The molecule has 0 aliphatic carbocycles. The summed E-state index contributed by atoms with van der Waals surface area (Å²) in [5.74, 6) is 1.59. The quantitative estimate of drug-likeness (QED) is 0.824. The van der Waals surface area contributed by atoms with Gasteiger partial charge in [0.25, 0.3) is 0 Å². The second-order valence-corrected chi connectivity index (χ2v) is 4.76. The zero-order valence-corrected chi connectivity index (χ0v) is 10.4. The van der Waals surface area contributed by atoms with Gasteiger partial charge in [-0.3, -0.25) is 4.40 Å². The van der Waals surface area contributed by atoms with Crippen LogP contribution in [0.1, 0.15) is 26.1 Å². The fourth-order valence-electron chi connectivity index (χ4n) is 1.77. The van der Waals surface area contributed by atoms with Crippen LogP contribution in [-0.2, 0) is 0 Å². The molecule has 2 rings (SSSR count). The molecule has 2 heterocycles. The second-order valence-electron chi connectivity index (χ2n) is 4.76. The number of rotatable bonds is 4. The zero-order valence-electron chi connectivity index (χ0n) is 10.4. The van der Waals surface area contributed by atoms with Crippen molar-refractivity contribution < 1.29 is 0 Å². The fourth-order valence-corrected chi connectivity index (χ4v) is 1.77. The lowest BCUT2D eigenvalue weighted by Gasteiger charge is -2.26. The molecule has 17 heavy (non-hydrogen) atoms. The Hall–Kier alpha value is -1.69. The summed E-state index contributed by atoms with van der Waals surface area (Å²) in [6, 6.07) is 0. The third-order valence-electron chi connectivity index (χ3n) is 2.72. The lowest BCUT2D eigenvalue weighted by molar-refractivity contribution is 0.524. The van der Waals surface area contributed by atoms with Crippen LogP contribution in [-0.4, -0.2) is 31.7 Å². The third-order valence-corrected chi connectivity index (χ3v) is 2.72. The molecule has 6 nitrogen and oxygen atoms in total. The van der Waals surface area contributed by atoms with Gasteiger partial charge >= 0.3 is 0 Å². The van der Waals surface area contributed by atoms with E-state index in [2.05, 4.69) is 34.3 Å². The molecule has 0 unspecified atom stereocenters. The number of hydrogen-bond donors (Lipinski definition) is 2. The number of aryl methyl sites for hydroxylation is 1. The summed E-state index contributed by atoms with van der Waals surface area (Å²) in [4.78, 5) is 4.31. The number of aromatic nitrogens is 4. The van der Waals surface area contributed by atoms with E-state index in [1.165, 1.54) is 0 Å². The second kappa shape index (κ2) is 4.29. The van der Waals surface area contributed by atoms with Gasteiger partial charge in [-0.15, -0.1) is 10.2 Å². The molecule has 92 valence electrons. The van der Waals surface area contributed by atoms with Crippen molar-refractivity contribution in [3.8, 4) is 0 Å². The first-order valence-corrected chi connectivity index (χ1v) is 5.68. The SMILES string of the molecule is Cc1nnc2c(NC(C)(C)CCN)nccn12. The van der Waals surface area contributed by atoms with Gasteiger partial charge in [-0.2, -0.15) is 0 Å². The first kappa shape index (κ1) is 11.8. The average molecular weight is 234 g/mol. The highest BCUT2D eigenvalue weighted by Crippen LogP contribution is 2.19. The molecule has 0 spiro atoms. The lowest BCUT2D eigenvalue weighted by atomic mass is 10.0. The Morgan fingerprint density at radius 3 is 2.88 bits per heavy atom. The van der Waals surface area contributed by atoms with Crippen LogP contribution < -0.4 is 11.1 Å². The summed E-state index contributed by atoms with van der Waals surface area (Å²) >= 11 is 0. The molecule has 0 aromatic carbocycles. The average Bonchev–Trinajstić information content (AvgIpc) is 2.61. The van der Waals surface area contributed by atoms with Gasteiger partial charge in [0.2, 0.25) is 5.65 Å². The van der Waals surface area contributed by atoms with Crippen molar-refractivity contribution in [1.82, 2.24) is 19.6 Å². The molecule has 0 fully saturated rings. The number of fused-ring (bicyclic) bond motifs is 1. The van der Waals surface area contributed by atoms with E-state index in [-0.39, 0.29) is 5.54 Å². The van der Waals surface area contributed by atoms with E-state index in [1.54, 1.807) is 6.20 Å². The molecule has 0 bridgehead atoms. The molecule has 0 radical (unpaired) electrons. The van der Waals surface area contributed by atoms with Crippen LogP contribution in [0.4, 0.5) is 5.82 Å². The predicted octanol–water partition coefficient (Wildman–Crippen LogP) is 0.972. The highest BCUT2D eigenvalue weighted by Gasteiger charge is 2.19. The van der Waals surface area contributed by atoms with Crippen molar-refractivity contribution in [1.29, 1.82) is 0 Å². The molecule has 0 aliphatic heterocycles. The van der Waals surface area contributed by atoms with Gasteiger partial charge in [0.15, 0.2) is 5.82 Å². The van der Waals surface area contributed by atoms with E-state index < -0.39 is 0 Å². The van der Waals surface area contributed by atoms with E-state index in [0.717, 1.165) is 23.7 Å². The van der Waals surface area contributed by atoms with Gasteiger partial charge in [0, 0.05) is 17.9 Å². The van der Waals surface area contributed by atoms with E-state index >= 15 is 0 Å². The minimum Gasteiger partial charge on any atom is -0.362 e. The maximum Gasteiger partial charge on any atom is 0.203 e. The van der Waals surface area contributed by atoms with E-state index in [0.29, 0.717) is 6.54 Å². The number of nitrogens with one attached hydrogen (secondary N) is 1. The van der Waals surface area contributed by atoms with E-state index in [4.69, 9.17) is 5.73 Å². The molecule has 0 saturated carbocycles. The minimum absolute atomic E-state index is 0.108. The van der Waals surface area contributed by atoms with Gasteiger partial charge < -0.3 is 11.1 Å². The summed E-state index contributed by atoms with van der Waals surface area (Å²) in [6.45, 7) is 6.73. The first-order chi connectivity index (χ1) is 8.03. The topological polar surface area (TPSA) is 81.1 Å². The van der Waals surface area contributed by atoms with Crippen LogP contribution in [0.5, 0.6) is 0 Å². The molecular weight excluding hydrogens is 216 g/mol. The predicted molar refractivity (Wildman–Crippen MR) is 66.9 cm³/mol. The van der Waals surface area contributed by atoms with Crippen molar-refractivity contribution in [2.75, 3.05) is 11.9 Å². The molecule has 6 heteroatoms. The summed E-state index contributed by atoms with van der Waals surface area (Å²) in [6.07, 6.45) is 4.46. The largest absolute Gasteiger partial charge is 0.362 e. The summed E-state index contributed by atoms with van der Waals surface area (Å²) in [5, 5.41) is 11.5. The van der Waals surface area contributed by atoms with Crippen molar-refractivity contribution >= 4 is 11.5 Å². The summed E-state index contributed by atoms with van der Waals surface area (Å²) in [5.41, 5.74) is 6.23. The number of hydrogen-bond acceptors (Lipinski definition) is 5. The molecule has 2 aromatic rings. The third kappa shape index (κ3) is 2.36. The number of anilines is 1. The van der Waals surface area contributed by atoms with Gasteiger partial charge in [-0.25, -0.2) is 4.98 Å². The van der Waals surface area contributed by atoms with Gasteiger partial charge in [0.1, 0.15) is 5.82 Å². The first-order valence-electron chi connectivity index (χ1n) is 5.68. The van der Waals surface area contributed by atoms with Crippen LogP contribution in [0.25, 0.3) is 5.65 Å². The molecule has 0 atom stereocenters. The van der Waals surface area contributed by atoms with Gasteiger partial charge in [-0.05, 0) is 33.7 Å². The number of nitrogens with two attached hydrogens (primary N) is 1. The maximum absolute atomic E-state index is 5.59.